The van der Waals surface area contributed by atoms with Crippen LogP contribution in [-0.2, 0) is 9.59 Å². The quantitative estimate of drug-likeness (QED) is 0.827. The molecule has 0 aromatic carbocycles. The molecule has 0 atom stereocenters. The van der Waals surface area contributed by atoms with Crippen molar-refractivity contribution in [2.45, 2.75) is 38.5 Å². The van der Waals surface area contributed by atoms with Gasteiger partial charge in [-0.05, 0) is 12.8 Å². The molecule has 0 radical (unpaired) electrons. The fourth-order valence-electron chi connectivity index (χ4n) is 2.63. The maximum absolute atomic E-state index is 12.1. The van der Waals surface area contributed by atoms with E-state index in [1.807, 2.05) is 0 Å². The SMILES string of the molecule is O=C(CC1(C(=O)O)CCCCC1)Nc1c(Cl)ncnc1Cl. The van der Waals surface area contributed by atoms with Gasteiger partial charge in [0, 0.05) is 6.42 Å². The van der Waals surface area contributed by atoms with Crippen molar-refractivity contribution in [2.24, 2.45) is 5.41 Å². The predicted octanol–water partition coefficient (Wildman–Crippen LogP) is 3.15. The summed E-state index contributed by atoms with van der Waals surface area (Å²) in [5.41, 5.74) is -0.890. The lowest BCUT2D eigenvalue weighted by molar-refractivity contribution is -0.153. The van der Waals surface area contributed by atoms with Gasteiger partial charge in [-0.1, -0.05) is 42.5 Å². The Morgan fingerprint density at radius 2 is 1.76 bits per heavy atom. The van der Waals surface area contributed by atoms with Gasteiger partial charge in [0.1, 0.15) is 12.0 Å². The van der Waals surface area contributed by atoms with Gasteiger partial charge in [0.25, 0.3) is 0 Å². The predicted molar refractivity (Wildman–Crippen MR) is 78.5 cm³/mol. The number of hydrogen-bond acceptors (Lipinski definition) is 4. The molecule has 1 fully saturated rings. The van der Waals surface area contributed by atoms with E-state index in [0.717, 1.165) is 19.3 Å². The van der Waals surface area contributed by atoms with E-state index in [-0.39, 0.29) is 22.4 Å². The van der Waals surface area contributed by atoms with Gasteiger partial charge in [0.05, 0.1) is 5.41 Å². The Hall–Kier alpha value is -1.40. The summed E-state index contributed by atoms with van der Waals surface area (Å²) >= 11 is 11.7. The fourth-order valence-corrected chi connectivity index (χ4v) is 3.04. The Balaban J connectivity index is 2.11. The average Bonchev–Trinajstić information content (AvgIpc) is 2.44. The first-order chi connectivity index (χ1) is 9.94. The Kier molecular flexibility index (Phi) is 5.00. The molecule has 1 aliphatic carbocycles. The third kappa shape index (κ3) is 3.63. The number of nitrogens with zero attached hydrogens (tertiary/aromatic N) is 2. The topological polar surface area (TPSA) is 92.2 Å². The van der Waals surface area contributed by atoms with Crippen LogP contribution in [0.3, 0.4) is 0 Å². The van der Waals surface area contributed by atoms with E-state index in [9.17, 15) is 14.7 Å². The number of anilines is 1. The van der Waals surface area contributed by atoms with Crippen molar-refractivity contribution in [1.29, 1.82) is 0 Å². The van der Waals surface area contributed by atoms with E-state index in [1.54, 1.807) is 0 Å². The molecule has 0 bridgehead atoms. The number of amides is 1. The zero-order chi connectivity index (χ0) is 15.5. The number of rotatable bonds is 4. The third-order valence-corrected chi connectivity index (χ3v) is 4.36. The molecule has 2 rings (SSSR count). The summed E-state index contributed by atoms with van der Waals surface area (Å²) in [5.74, 6) is -1.38. The maximum Gasteiger partial charge on any atom is 0.310 e. The molecule has 0 aliphatic heterocycles. The van der Waals surface area contributed by atoms with E-state index in [4.69, 9.17) is 23.2 Å². The lowest BCUT2D eigenvalue weighted by Gasteiger charge is -2.32. The maximum atomic E-state index is 12.1. The molecular weight excluding hydrogens is 317 g/mol. The number of carboxylic acids is 1. The summed E-state index contributed by atoms with van der Waals surface area (Å²) in [6, 6.07) is 0. The van der Waals surface area contributed by atoms with Gasteiger partial charge in [-0.2, -0.15) is 0 Å². The van der Waals surface area contributed by atoms with Crippen LogP contribution in [0, 0.1) is 5.41 Å². The van der Waals surface area contributed by atoms with Crippen molar-refractivity contribution < 1.29 is 14.7 Å². The lowest BCUT2D eigenvalue weighted by Crippen LogP contribution is -2.37. The van der Waals surface area contributed by atoms with E-state index >= 15 is 0 Å². The Morgan fingerprint density at radius 1 is 1.19 bits per heavy atom. The summed E-state index contributed by atoms with van der Waals surface area (Å²) in [5, 5.41) is 12.0. The Bertz CT molecular complexity index is 539. The van der Waals surface area contributed by atoms with Crippen LogP contribution in [0.25, 0.3) is 0 Å². The molecule has 21 heavy (non-hydrogen) atoms. The van der Waals surface area contributed by atoms with Gasteiger partial charge < -0.3 is 10.4 Å². The van der Waals surface area contributed by atoms with Gasteiger partial charge in [0.15, 0.2) is 10.3 Å². The molecular formula is C13H15Cl2N3O3. The molecule has 1 aromatic heterocycles. The van der Waals surface area contributed by atoms with Crippen molar-refractivity contribution in [1.82, 2.24) is 9.97 Å². The number of nitrogens with one attached hydrogen (secondary N) is 1. The van der Waals surface area contributed by atoms with Gasteiger partial charge in [-0.25, -0.2) is 9.97 Å². The summed E-state index contributed by atoms with van der Waals surface area (Å²) in [7, 11) is 0. The molecule has 1 aliphatic rings. The minimum Gasteiger partial charge on any atom is -0.481 e. The second-order valence-electron chi connectivity index (χ2n) is 5.20. The lowest BCUT2D eigenvalue weighted by atomic mass is 9.71. The molecule has 6 nitrogen and oxygen atoms in total. The summed E-state index contributed by atoms with van der Waals surface area (Å²) in [4.78, 5) is 31.2. The van der Waals surface area contributed by atoms with Crippen LogP contribution in [0.4, 0.5) is 5.69 Å². The number of aromatic nitrogens is 2. The van der Waals surface area contributed by atoms with Crippen LogP contribution in [-0.4, -0.2) is 27.0 Å². The first-order valence-electron chi connectivity index (χ1n) is 6.64. The van der Waals surface area contributed by atoms with Crippen molar-refractivity contribution >= 4 is 40.8 Å². The number of carbonyl (C=O) groups excluding carboxylic acids is 1. The normalized spacial score (nSPS) is 17.2. The Morgan fingerprint density at radius 3 is 2.29 bits per heavy atom. The first kappa shape index (κ1) is 16.0. The number of carboxylic acid groups (broad SMARTS) is 1. The molecule has 0 spiro atoms. The molecule has 8 heteroatoms. The molecule has 1 aromatic rings. The molecule has 114 valence electrons. The zero-order valence-corrected chi connectivity index (χ0v) is 12.7. The van der Waals surface area contributed by atoms with Crippen LogP contribution in [0.1, 0.15) is 38.5 Å². The standard InChI is InChI=1S/C13H15Cl2N3O3/c14-10-9(11(15)17-7-16-10)18-8(19)6-13(12(20)21)4-2-1-3-5-13/h7H,1-6H2,(H,18,19)(H,20,21). The second kappa shape index (κ2) is 6.58. The van der Waals surface area contributed by atoms with E-state index in [1.165, 1.54) is 6.33 Å². The highest BCUT2D eigenvalue weighted by molar-refractivity contribution is 6.38. The fraction of sp³-hybridized carbons (Fsp3) is 0.538. The van der Waals surface area contributed by atoms with E-state index in [0.29, 0.717) is 12.8 Å². The van der Waals surface area contributed by atoms with Crippen molar-refractivity contribution in [3.63, 3.8) is 0 Å². The molecule has 2 N–H and O–H groups in total. The number of hydrogen-bond donors (Lipinski definition) is 2. The molecule has 0 unspecified atom stereocenters. The van der Waals surface area contributed by atoms with Crippen LogP contribution < -0.4 is 5.32 Å². The molecule has 1 heterocycles. The highest BCUT2D eigenvalue weighted by Crippen LogP contribution is 2.40. The molecule has 0 saturated heterocycles. The van der Waals surface area contributed by atoms with Crippen LogP contribution in [0.2, 0.25) is 10.3 Å². The Labute approximate surface area is 131 Å². The third-order valence-electron chi connectivity index (χ3n) is 3.78. The van der Waals surface area contributed by atoms with Crippen molar-refractivity contribution in [3.8, 4) is 0 Å². The highest BCUT2D eigenvalue weighted by atomic mass is 35.5. The van der Waals surface area contributed by atoms with Crippen LogP contribution in [0.5, 0.6) is 0 Å². The summed E-state index contributed by atoms with van der Waals surface area (Å²) in [6.45, 7) is 0. The van der Waals surface area contributed by atoms with Gasteiger partial charge >= 0.3 is 5.97 Å². The zero-order valence-electron chi connectivity index (χ0n) is 11.2. The van der Waals surface area contributed by atoms with Gasteiger partial charge in [-0.3, -0.25) is 9.59 Å². The van der Waals surface area contributed by atoms with Gasteiger partial charge in [-0.15, -0.1) is 0 Å². The van der Waals surface area contributed by atoms with Gasteiger partial charge in [0.2, 0.25) is 5.91 Å². The van der Waals surface area contributed by atoms with E-state index in [2.05, 4.69) is 15.3 Å². The first-order valence-corrected chi connectivity index (χ1v) is 7.39. The minimum absolute atomic E-state index is 0.0244. The largest absolute Gasteiger partial charge is 0.481 e. The summed E-state index contributed by atoms with van der Waals surface area (Å²) in [6.07, 6.45) is 4.71. The van der Waals surface area contributed by atoms with Crippen LogP contribution >= 0.6 is 23.2 Å². The monoisotopic (exact) mass is 331 g/mol. The molecule has 1 amide bonds. The number of halogens is 2. The summed E-state index contributed by atoms with van der Waals surface area (Å²) < 4.78 is 0. The second-order valence-corrected chi connectivity index (χ2v) is 5.92. The van der Waals surface area contributed by atoms with Crippen molar-refractivity contribution in [2.75, 3.05) is 5.32 Å². The number of carbonyl (C=O) groups is 2. The minimum atomic E-state index is -1.00. The van der Waals surface area contributed by atoms with Crippen molar-refractivity contribution in [3.05, 3.63) is 16.6 Å². The highest BCUT2D eigenvalue weighted by Gasteiger charge is 2.41. The number of aliphatic carboxylic acids is 1. The van der Waals surface area contributed by atoms with Crippen LogP contribution in [0.15, 0.2) is 6.33 Å². The van der Waals surface area contributed by atoms with E-state index < -0.39 is 17.3 Å². The molecule has 1 saturated carbocycles. The smallest absolute Gasteiger partial charge is 0.310 e. The average molecular weight is 332 g/mol.